The Bertz CT molecular complexity index is 415. The molecule has 0 heterocycles. The van der Waals surface area contributed by atoms with Gasteiger partial charge in [0.05, 0.1) is 0 Å². The quantitative estimate of drug-likeness (QED) is 0.839. The minimum absolute atomic E-state index is 0.109. The van der Waals surface area contributed by atoms with Gasteiger partial charge in [0.15, 0.2) is 0 Å². The number of carbonyl (C=O) groups is 1. The Morgan fingerprint density at radius 1 is 1.24 bits per heavy atom. The molecule has 0 unspecified atom stereocenters. The van der Waals surface area contributed by atoms with Crippen LogP contribution in [0.2, 0.25) is 5.02 Å². The van der Waals surface area contributed by atoms with Gasteiger partial charge in [0.1, 0.15) is 0 Å². The Labute approximate surface area is 109 Å². The van der Waals surface area contributed by atoms with E-state index in [4.69, 9.17) is 11.6 Å². The van der Waals surface area contributed by atoms with Gasteiger partial charge < -0.3 is 0 Å². The molecule has 4 heteroatoms. The molecule has 1 N–H and O–H groups in total. The second-order valence-electron chi connectivity index (χ2n) is 5.70. The molecule has 0 aliphatic carbocycles. The summed E-state index contributed by atoms with van der Waals surface area (Å²) in [5, 5.41) is 3.71. The zero-order valence-corrected chi connectivity index (χ0v) is 12.9. The molecule has 2 nitrogen and oxygen atoms in total. The van der Waals surface area contributed by atoms with Crippen LogP contribution in [0, 0.1) is 13.8 Å². The standard InChI is InChI=1S/C13H21ClNOP/c1-9-6-11(14)7-10(2)13(9)15-12(16)8-17(3,4)5/h6-7,17H,8H2,1-5H3,(H,15,16). The second kappa shape index (κ2) is 5.37. The Morgan fingerprint density at radius 3 is 2.12 bits per heavy atom. The van der Waals surface area contributed by atoms with E-state index >= 15 is 0 Å². The maximum atomic E-state index is 11.9. The number of aryl methyl sites for hydroxylation is 2. The molecule has 17 heavy (non-hydrogen) atoms. The zero-order chi connectivity index (χ0) is 13.2. The summed E-state index contributed by atoms with van der Waals surface area (Å²) in [6.45, 7) is 10.5. The Hall–Kier alpha value is -0.590. The van der Waals surface area contributed by atoms with Crippen LogP contribution in [0.25, 0.3) is 0 Å². The second-order valence-corrected chi connectivity index (χ2v) is 11.6. The van der Waals surface area contributed by atoms with Gasteiger partial charge in [0, 0.05) is 0 Å². The van der Waals surface area contributed by atoms with Crippen molar-refractivity contribution in [2.45, 2.75) is 13.8 Å². The molecular formula is C13H21ClNOP. The van der Waals surface area contributed by atoms with Crippen molar-refractivity contribution in [2.24, 2.45) is 0 Å². The predicted molar refractivity (Wildman–Crippen MR) is 80.5 cm³/mol. The van der Waals surface area contributed by atoms with Crippen LogP contribution in [-0.2, 0) is 4.79 Å². The van der Waals surface area contributed by atoms with Crippen molar-refractivity contribution < 1.29 is 4.79 Å². The van der Waals surface area contributed by atoms with Crippen molar-refractivity contribution in [3.8, 4) is 0 Å². The number of halogens is 1. The van der Waals surface area contributed by atoms with Crippen LogP contribution in [0.1, 0.15) is 11.1 Å². The van der Waals surface area contributed by atoms with Gasteiger partial charge in [-0.3, -0.25) is 0 Å². The third-order valence-corrected chi connectivity index (χ3v) is 4.05. The fraction of sp³-hybridized carbons (Fsp3) is 0.462. The summed E-state index contributed by atoms with van der Waals surface area (Å²) in [4.78, 5) is 11.9. The fourth-order valence-electron chi connectivity index (χ4n) is 1.77. The SMILES string of the molecule is Cc1cc(Cl)cc(C)c1NC(=O)C[PH](C)(C)C. The van der Waals surface area contributed by atoms with Crippen molar-refractivity contribution in [1.29, 1.82) is 0 Å². The summed E-state index contributed by atoms with van der Waals surface area (Å²) in [5.41, 5.74) is 2.93. The first-order valence-corrected chi connectivity index (χ1v) is 9.84. The van der Waals surface area contributed by atoms with E-state index in [0.717, 1.165) is 16.8 Å². The number of nitrogens with one attached hydrogen (secondary N) is 1. The van der Waals surface area contributed by atoms with Crippen LogP contribution in [0.3, 0.4) is 0 Å². The Morgan fingerprint density at radius 2 is 1.71 bits per heavy atom. The first kappa shape index (κ1) is 14.5. The number of carbonyl (C=O) groups excluding carboxylic acids is 1. The van der Waals surface area contributed by atoms with E-state index in [1.807, 2.05) is 26.0 Å². The number of benzene rings is 1. The third kappa shape index (κ3) is 4.65. The molecule has 96 valence electrons. The van der Waals surface area contributed by atoms with Crippen molar-refractivity contribution in [2.75, 3.05) is 31.5 Å². The van der Waals surface area contributed by atoms with Crippen LogP contribution < -0.4 is 5.32 Å². The van der Waals surface area contributed by atoms with Gasteiger partial charge in [-0.1, -0.05) is 0 Å². The summed E-state index contributed by atoms with van der Waals surface area (Å²) < 4.78 is 0. The van der Waals surface area contributed by atoms with Gasteiger partial charge >= 0.3 is 109 Å². The number of hydrogen-bond acceptors (Lipinski definition) is 1. The normalized spacial score (nSPS) is 12.4. The molecule has 0 saturated carbocycles. The molecule has 0 bridgehead atoms. The molecule has 0 aromatic heterocycles. The molecule has 1 amide bonds. The third-order valence-electron chi connectivity index (χ3n) is 2.45. The monoisotopic (exact) mass is 273 g/mol. The van der Waals surface area contributed by atoms with E-state index < -0.39 is 7.26 Å². The van der Waals surface area contributed by atoms with E-state index in [1.165, 1.54) is 0 Å². The molecule has 0 aliphatic heterocycles. The van der Waals surface area contributed by atoms with Crippen LogP contribution >= 0.6 is 18.9 Å². The molecule has 0 aliphatic rings. The average molecular weight is 274 g/mol. The summed E-state index contributed by atoms with van der Waals surface area (Å²) >= 11 is 5.96. The molecule has 1 aromatic rings. The number of amides is 1. The first-order valence-electron chi connectivity index (χ1n) is 5.75. The van der Waals surface area contributed by atoms with Crippen molar-refractivity contribution in [3.05, 3.63) is 28.3 Å². The van der Waals surface area contributed by atoms with Gasteiger partial charge in [0.25, 0.3) is 0 Å². The topological polar surface area (TPSA) is 29.1 Å². The van der Waals surface area contributed by atoms with Crippen molar-refractivity contribution in [3.63, 3.8) is 0 Å². The van der Waals surface area contributed by atoms with Crippen molar-refractivity contribution in [1.82, 2.24) is 0 Å². The fourth-order valence-corrected chi connectivity index (χ4v) is 3.15. The van der Waals surface area contributed by atoms with Gasteiger partial charge in [-0.05, 0) is 0 Å². The molecule has 0 fully saturated rings. The molecule has 0 radical (unpaired) electrons. The van der Waals surface area contributed by atoms with Crippen LogP contribution in [0.4, 0.5) is 5.69 Å². The van der Waals surface area contributed by atoms with Crippen LogP contribution in [0.15, 0.2) is 12.1 Å². The molecule has 0 saturated heterocycles. The minimum atomic E-state index is -1.36. The van der Waals surface area contributed by atoms with Crippen LogP contribution in [0.5, 0.6) is 0 Å². The van der Waals surface area contributed by atoms with Gasteiger partial charge in [-0.25, -0.2) is 0 Å². The van der Waals surface area contributed by atoms with E-state index in [0.29, 0.717) is 11.2 Å². The van der Waals surface area contributed by atoms with Crippen LogP contribution in [-0.4, -0.2) is 32.1 Å². The molecular weight excluding hydrogens is 253 g/mol. The summed E-state index contributed by atoms with van der Waals surface area (Å²) in [6, 6.07) is 3.75. The maximum absolute atomic E-state index is 11.9. The average Bonchev–Trinajstić information content (AvgIpc) is 2.08. The predicted octanol–water partition coefficient (Wildman–Crippen LogP) is 3.53. The molecule has 0 spiro atoms. The molecule has 0 atom stereocenters. The van der Waals surface area contributed by atoms with E-state index in [-0.39, 0.29) is 5.91 Å². The van der Waals surface area contributed by atoms with Gasteiger partial charge in [-0.2, -0.15) is 0 Å². The Balaban J connectivity index is 2.86. The molecule has 1 rings (SSSR count). The van der Waals surface area contributed by atoms with Gasteiger partial charge in [0.2, 0.25) is 0 Å². The van der Waals surface area contributed by atoms with E-state index in [2.05, 4.69) is 25.3 Å². The first-order chi connectivity index (χ1) is 7.69. The van der Waals surface area contributed by atoms with Gasteiger partial charge in [-0.15, -0.1) is 0 Å². The number of rotatable bonds is 3. The molecule has 1 aromatic carbocycles. The van der Waals surface area contributed by atoms with Crippen molar-refractivity contribution >= 4 is 30.5 Å². The summed E-state index contributed by atoms with van der Waals surface area (Å²) in [6.07, 6.45) is 0.647. The Kier molecular flexibility index (Phi) is 4.57. The zero-order valence-electron chi connectivity index (χ0n) is 11.1. The summed E-state index contributed by atoms with van der Waals surface area (Å²) in [5.74, 6) is 0.109. The number of anilines is 1. The summed E-state index contributed by atoms with van der Waals surface area (Å²) in [7, 11) is -1.36. The number of hydrogen-bond donors (Lipinski definition) is 1. The van der Waals surface area contributed by atoms with E-state index in [1.54, 1.807) is 0 Å². The van der Waals surface area contributed by atoms with E-state index in [9.17, 15) is 4.79 Å².